The Balaban J connectivity index is 1.35. The molecule has 34 heavy (non-hydrogen) atoms. The summed E-state index contributed by atoms with van der Waals surface area (Å²) in [5.74, 6) is 2.91. The summed E-state index contributed by atoms with van der Waals surface area (Å²) >= 11 is 6.44. The fourth-order valence-electron chi connectivity index (χ4n) is 4.27. The Morgan fingerprint density at radius 2 is 1.91 bits per heavy atom. The summed E-state index contributed by atoms with van der Waals surface area (Å²) in [4.78, 5) is 34.7. The molecule has 2 aromatic heterocycles. The van der Waals surface area contributed by atoms with Gasteiger partial charge in [-0.3, -0.25) is 4.79 Å². The minimum Gasteiger partial charge on any atom is -0.376 e. The van der Waals surface area contributed by atoms with Gasteiger partial charge in [-0.2, -0.15) is 4.98 Å². The van der Waals surface area contributed by atoms with E-state index >= 15 is 0 Å². The number of hydrogen-bond donors (Lipinski definition) is 2. The number of hydrogen-bond acceptors (Lipinski definition) is 8. The Labute approximate surface area is 203 Å². The molecule has 3 heterocycles. The summed E-state index contributed by atoms with van der Waals surface area (Å²) < 4.78 is 0. The number of piperidine rings is 1. The molecule has 3 aromatic rings. The Morgan fingerprint density at radius 3 is 2.62 bits per heavy atom. The standard InChI is InChI=1S/C24H27ClN8O/c1-32(2)20-5-4-15(8-19(20)25)10-28-22-18(23(34)29-12-21-26-6-3-7-27-21)11-30-24(31-22)33-13-16-9-17(16)14-33/h3-8,11,16-17H,9-10,12-14H2,1-2H3,(H,29,34)(H,28,30,31). The van der Waals surface area contributed by atoms with Crippen LogP contribution in [0.3, 0.4) is 0 Å². The molecular formula is C24H27ClN8O. The first kappa shape index (κ1) is 22.3. The highest BCUT2D eigenvalue weighted by atomic mass is 35.5. The Kier molecular flexibility index (Phi) is 6.19. The van der Waals surface area contributed by atoms with Gasteiger partial charge in [-0.05, 0) is 42.0 Å². The molecule has 1 amide bonds. The molecule has 176 valence electrons. The number of nitrogens with zero attached hydrogens (tertiary/aromatic N) is 6. The van der Waals surface area contributed by atoms with Crippen LogP contribution in [0.1, 0.15) is 28.2 Å². The van der Waals surface area contributed by atoms with Crippen molar-refractivity contribution in [3.8, 4) is 0 Å². The maximum atomic E-state index is 13.0. The van der Waals surface area contributed by atoms with E-state index in [1.165, 1.54) is 6.42 Å². The predicted molar refractivity (Wildman–Crippen MR) is 132 cm³/mol. The van der Waals surface area contributed by atoms with E-state index in [1.54, 1.807) is 24.7 Å². The molecule has 1 saturated carbocycles. The molecule has 2 fully saturated rings. The van der Waals surface area contributed by atoms with Gasteiger partial charge in [0.25, 0.3) is 5.91 Å². The number of benzene rings is 1. The summed E-state index contributed by atoms with van der Waals surface area (Å²) in [5, 5.41) is 6.86. The number of amides is 1. The van der Waals surface area contributed by atoms with Crippen molar-refractivity contribution >= 4 is 35.0 Å². The van der Waals surface area contributed by atoms with Gasteiger partial charge in [-0.1, -0.05) is 17.7 Å². The van der Waals surface area contributed by atoms with Gasteiger partial charge < -0.3 is 20.4 Å². The van der Waals surface area contributed by atoms with Crippen molar-refractivity contribution in [2.75, 3.05) is 42.3 Å². The number of carbonyl (C=O) groups is 1. The van der Waals surface area contributed by atoms with Crippen molar-refractivity contribution < 1.29 is 4.79 Å². The molecule has 1 saturated heterocycles. The Hall–Kier alpha value is -3.46. The van der Waals surface area contributed by atoms with Gasteiger partial charge in [-0.15, -0.1) is 0 Å². The fraction of sp³-hybridized carbons (Fsp3) is 0.375. The number of halogens is 1. The molecule has 10 heteroatoms. The third kappa shape index (κ3) is 4.89. The molecule has 1 aliphatic heterocycles. The number of aromatic nitrogens is 4. The van der Waals surface area contributed by atoms with Crippen LogP contribution in [0.5, 0.6) is 0 Å². The first-order valence-electron chi connectivity index (χ1n) is 11.3. The van der Waals surface area contributed by atoms with E-state index in [0.717, 1.165) is 36.2 Å². The molecule has 5 rings (SSSR count). The van der Waals surface area contributed by atoms with E-state index in [9.17, 15) is 4.79 Å². The van der Waals surface area contributed by atoms with Crippen LogP contribution in [0.25, 0.3) is 0 Å². The molecule has 1 aliphatic carbocycles. The quantitative estimate of drug-likeness (QED) is 0.509. The summed E-state index contributed by atoms with van der Waals surface area (Å²) in [5.41, 5.74) is 2.31. The zero-order valence-electron chi connectivity index (χ0n) is 19.2. The van der Waals surface area contributed by atoms with E-state index < -0.39 is 0 Å². The smallest absolute Gasteiger partial charge is 0.256 e. The third-order valence-electron chi connectivity index (χ3n) is 6.26. The molecule has 0 radical (unpaired) electrons. The highest BCUT2D eigenvalue weighted by Gasteiger charge is 2.45. The number of anilines is 3. The van der Waals surface area contributed by atoms with Crippen LogP contribution in [-0.4, -0.2) is 53.0 Å². The van der Waals surface area contributed by atoms with Gasteiger partial charge in [0.2, 0.25) is 5.95 Å². The van der Waals surface area contributed by atoms with Gasteiger partial charge in [0.1, 0.15) is 17.2 Å². The molecule has 9 nitrogen and oxygen atoms in total. The zero-order chi connectivity index (χ0) is 23.7. The van der Waals surface area contributed by atoms with Crippen molar-refractivity contribution in [1.82, 2.24) is 25.3 Å². The summed E-state index contributed by atoms with van der Waals surface area (Å²) in [6.45, 7) is 2.64. The molecule has 2 atom stereocenters. The first-order valence-corrected chi connectivity index (χ1v) is 11.7. The van der Waals surface area contributed by atoms with E-state index in [4.69, 9.17) is 16.6 Å². The normalized spacial score (nSPS) is 18.4. The van der Waals surface area contributed by atoms with Gasteiger partial charge in [-0.25, -0.2) is 15.0 Å². The van der Waals surface area contributed by atoms with Crippen molar-refractivity contribution in [1.29, 1.82) is 0 Å². The maximum Gasteiger partial charge on any atom is 0.256 e. The minimum atomic E-state index is -0.285. The summed E-state index contributed by atoms with van der Waals surface area (Å²) in [7, 11) is 3.91. The van der Waals surface area contributed by atoms with Gasteiger partial charge in [0.05, 0.1) is 17.3 Å². The van der Waals surface area contributed by atoms with Gasteiger partial charge in [0, 0.05) is 52.3 Å². The third-order valence-corrected chi connectivity index (χ3v) is 6.57. The van der Waals surface area contributed by atoms with Gasteiger partial charge >= 0.3 is 0 Å². The second-order valence-electron chi connectivity index (χ2n) is 8.97. The fourth-order valence-corrected chi connectivity index (χ4v) is 4.64. The van der Waals surface area contributed by atoms with Crippen molar-refractivity contribution in [2.24, 2.45) is 11.8 Å². The lowest BCUT2D eigenvalue weighted by atomic mass is 10.2. The van der Waals surface area contributed by atoms with Crippen LogP contribution in [0, 0.1) is 11.8 Å². The maximum absolute atomic E-state index is 13.0. The lowest BCUT2D eigenvalue weighted by Gasteiger charge is -2.20. The average molecular weight is 479 g/mol. The first-order chi connectivity index (χ1) is 16.5. The molecule has 2 unspecified atom stereocenters. The molecule has 0 spiro atoms. The summed E-state index contributed by atoms with van der Waals surface area (Å²) in [6.07, 6.45) is 6.19. The van der Waals surface area contributed by atoms with E-state index in [1.807, 2.05) is 37.2 Å². The van der Waals surface area contributed by atoms with Crippen molar-refractivity contribution in [2.45, 2.75) is 19.5 Å². The lowest BCUT2D eigenvalue weighted by Crippen LogP contribution is -2.28. The van der Waals surface area contributed by atoms with Crippen LogP contribution in [0.4, 0.5) is 17.5 Å². The lowest BCUT2D eigenvalue weighted by molar-refractivity contribution is 0.0950. The highest BCUT2D eigenvalue weighted by Crippen LogP contribution is 2.45. The largest absolute Gasteiger partial charge is 0.376 e. The Bertz CT molecular complexity index is 1180. The monoisotopic (exact) mass is 478 g/mol. The molecule has 2 N–H and O–H groups in total. The van der Waals surface area contributed by atoms with Crippen molar-refractivity contribution in [3.63, 3.8) is 0 Å². The van der Waals surface area contributed by atoms with E-state index in [-0.39, 0.29) is 12.5 Å². The molecule has 0 bridgehead atoms. The number of carbonyl (C=O) groups excluding carboxylic acids is 1. The van der Waals surface area contributed by atoms with Crippen LogP contribution < -0.4 is 20.4 Å². The second kappa shape index (κ2) is 9.42. The molecule has 1 aromatic carbocycles. The Morgan fingerprint density at radius 1 is 1.15 bits per heavy atom. The minimum absolute atomic E-state index is 0.220. The number of rotatable bonds is 8. The predicted octanol–water partition coefficient (Wildman–Crippen LogP) is 2.98. The summed E-state index contributed by atoms with van der Waals surface area (Å²) in [6, 6.07) is 7.65. The van der Waals surface area contributed by atoms with Crippen LogP contribution in [-0.2, 0) is 13.1 Å². The van der Waals surface area contributed by atoms with Crippen LogP contribution >= 0.6 is 11.6 Å². The van der Waals surface area contributed by atoms with Crippen molar-refractivity contribution in [3.05, 3.63) is 64.8 Å². The molecule has 2 aliphatic rings. The average Bonchev–Trinajstić information content (AvgIpc) is 3.46. The second-order valence-corrected chi connectivity index (χ2v) is 9.38. The SMILES string of the molecule is CN(C)c1ccc(CNc2nc(N3CC4CC4C3)ncc2C(=O)NCc2ncccn2)cc1Cl. The zero-order valence-corrected chi connectivity index (χ0v) is 20.0. The number of nitrogens with one attached hydrogen (secondary N) is 2. The molecular weight excluding hydrogens is 452 g/mol. The topological polar surface area (TPSA) is 99.2 Å². The van der Waals surface area contributed by atoms with E-state index in [2.05, 4.69) is 30.5 Å². The van der Waals surface area contributed by atoms with Gasteiger partial charge in [0.15, 0.2) is 0 Å². The highest BCUT2D eigenvalue weighted by molar-refractivity contribution is 6.33. The van der Waals surface area contributed by atoms with Crippen LogP contribution in [0.15, 0.2) is 42.9 Å². The number of fused-ring (bicyclic) bond motifs is 1. The van der Waals surface area contributed by atoms with E-state index in [0.29, 0.717) is 34.7 Å². The van der Waals surface area contributed by atoms with Crippen LogP contribution in [0.2, 0.25) is 5.02 Å².